The predicted octanol–water partition coefficient (Wildman–Crippen LogP) is 0.715. The molecule has 0 bridgehead atoms. The Morgan fingerprint density at radius 3 is 2.95 bits per heavy atom. The standard InChI is InChI=1S/C11H15N5O2S/c1-2-13-10-4-3-5-14-11(10)19(17,18)16-7-9-6-12-8-15-9/h3-6,8,13,16H,2,7H2,1H3,(H,12,15). The van der Waals surface area contributed by atoms with Gasteiger partial charge in [0, 0.05) is 24.6 Å². The third kappa shape index (κ3) is 3.30. The fourth-order valence-electron chi connectivity index (χ4n) is 1.55. The number of nitrogens with one attached hydrogen (secondary N) is 3. The van der Waals surface area contributed by atoms with Crippen LogP contribution in [0.1, 0.15) is 12.6 Å². The van der Waals surface area contributed by atoms with E-state index in [4.69, 9.17) is 0 Å². The lowest BCUT2D eigenvalue weighted by atomic mass is 10.4. The van der Waals surface area contributed by atoms with E-state index in [0.29, 0.717) is 17.9 Å². The molecular weight excluding hydrogens is 266 g/mol. The van der Waals surface area contributed by atoms with Crippen LogP contribution in [-0.2, 0) is 16.6 Å². The lowest BCUT2D eigenvalue weighted by molar-refractivity contribution is 0.577. The molecular formula is C11H15N5O2S. The molecule has 8 heteroatoms. The summed E-state index contributed by atoms with van der Waals surface area (Å²) in [6.45, 7) is 2.65. The second-order valence-electron chi connectivity index (χ2n) is 3.79. The van der Waals surface area contributed by atoms with Crippen molar-refractivity contribution in [2.75, 3.05) is 11.9 Å². The minimum absolute atomic E-state index is 0.00337. The van der Waals surface area contributed by atoms with Crippen molar-refractivity contribution in [1.82, 2.24) is 19.7 Å². The highest BCUT2D eigenvalue weighted by Crippen LogP contribution is 2.17. The first kappa shape index (κ1) is 13.5. The molecule has 0 saturated heterocycles. The van der Waals surface area contributed by atoms with Crippen molar-refractivity contribution >= 4 is 15.7 Å². The van der Waals surface area contributed by atoms with Gasteiger partial charge in [0.1, 0.15) is 0 Å². The molecule has 3 N–H and O–H groups in total. The van der Waals surface area contributed by atoms with Crippen LogP contribution in [0.4, 0.5) is 5.69 Å². The molecule has 0 unspecified atom stereocenters. The van der Waals surface area contributed by atoms with Gasteiger partial charge < -0.3 is 10.3 Å². The van der Waals surface area contributed by atoms with E-state index in [-0.39, 0.29) is 11.6 Å². The number of anilines is 1. The van der Waals surface area contributed by atoms with E-state index < -0.39 is 10.0 Å². The summed E-state index contributed by atoms with van der Waals surface area (Å²) in [4.78, 5) is 10.6. The zero-order chi connectivity index (χ0) is 13.7. The summed E-state index contributed by atoms with van der Waals surface area (Å²) >= 11 is 0. The second-order valence-corrected chi connectivity index (χ2v) is 5.47. The minimum atomic E-state index is -3.66. The lowest BCUT2D eigenvalue weighted by Crippen LogP contribution is -2.25. The van der Waals surface area contributed by atoms with Crippen LogP contribution < -0.4 is 10.0 Å². The Balaban J connectivity index is 2.19. The summed E-state index contributed by atoms with van der Waals surface area (Å²) in [5.41, 5.74) is 1.17. The highest BCUT2D eigenvalue weighted by atomic mass is 32.2. The monoisotopic (exact) mass is 281 g/mol. The topological polar surface area (TPSA) is 99.8 Å². The number of hydrogen-bond acceptors (Lipinski definition) is 5. The quantitative estimate of drug-likeness (QED) is 0.724. The smallest absolute Gasteiger partial charge is 0.260 e. The molecule has 0 aliphatic heterocycles. The van der Waals surface area contributed by atoms with Crippen LogP contribution in [0.25, 0.3) is 0 Å². The largest absolute Gasteiger partial charge is 0.383 e. The maximum absolute atomic E-state index is 12.2. The van der Waals surface area contributed by atoms with Gasteiger partial charge in [0.15, 0.2) is 5.03 Å². The lowest BCUT2D eigenvalue weighted by Gasteiger charge is -2.10. The number of H-pyrrole nitrogens is 1. The van der Waals surface area contributed by atoms with E-state index in [2.05, 4.69) is 25.0 Å². The first-order valence-corrected chi connectivity index (χ1v) is 7.27. The van der Waals surface area contributed by atoms with E-state index in [0.717, 1.165) is 0 Å². The molecule has 0 aliphatic carbocycles. The predicted molar refractivity (Wildman–Crippen MR) is 71.0 cm³/mol. The molecule has 0 fully saturated rings. The molecule has 7 nitrogen and oxygen atoms in total. The number of rotatable bonds is 6. The molecule has 0 aliphatic rings. The molecule has 102 valence electrons. The zero-order valence-corrected chi connectivity index (χ0v) is 11.2. The average Bonchev–Trinajstić information content (AvgIpc) is 2.91. The number of aromatic nitrogens is 3. The van der Waals surface area contributed by atoms with Gasteiger partial charge >= 0.3 is 0 Å². The summed E-state index contributed by atoms with van der Waals surface area (Å²) < 4.78 is 26.8. The Hall–Kier alpha value is -1.93. The number of pyridine rings is 1. The summed E-state index contributed by atoms with van der Waals surface area (Å²) in [6.07, 6.45) is 4.51. The van der Waals surface area contributed by atoms with Gasteiger partial charge in [-0.2, -0.15) is 0 Å². The Morgan fingerprint density at radius 1 is 1.42 bits per heavy atom. The number of hydrogen-bond donors (Lipinski definition) is 3. The van der Waals surface area contributed by atoms with E-state index in [1.807, 2.05) is 6.92 Å². The number of imidazole rings is 1. The Kier molecular flexibility index (Phi) is 4.13. The van der Waals surface area contributed by atoms with Crippen molar-refractivity contribution in [1.29, 1.82) is 0 Å². The van der Waals surface area contributed by atoms with Gasteiger partial charge in [-0.1, -0.05) is 0 Å². The molecule has 2 rings (SSSR count). The van der Waals surface area contributed by atoms with Crippen LogP contribution in [0.2, 0.25) is 0 Å². The molecule has 0 saturated carbocycles. The summed E-state index contributed by atoms with van der Waals surface area (Å²) in [6, 6.07) is 3.37. The molecule has 0 atom stereocenters. The van der Waals surface area contributed by atoms with Gasteiger partial charge in [-0.05, 0) is 19.1 Å². The van der Waals surface area contributed by atoms with E-state index in [1.165, 1.54) is 12.5 Å². The highest BCUT2D eigenvalue weighted by molar-refractivity contribution is 7.89. The minimum Gasteiger partial charge on any atom is -0.383 e. The maximum atomic E-state index is 12.2. The number of sulfonamides is 1. The molecule has 0 spiro atoms. The third-order valence-electron chi connectivity index (χ3n) is 2.40. The molecule has 2 aromatic rings. The van der Waals surface area contributed by atoms with Gasteiger partial charge in [-0.3, -0.25) is 0 Å². The summed E-state index contributed by atoms with van der Waals surface area (Å²) in [5.74, 6) is 0. The van der Waals surface area contributed by atoms with E-state index >= 15 is 0 Å². The third-order valence-corrected chi connectivity index (χ3v) is 3.76. The van der Waals surface area contributed by atoms with Gasteiger partial charge in [0.2, 0.25) is 0 Å². The SMILES string of the molecule is CCNc1cccnc1S(=O)(=O)NCc1cnc[nH]1. The fourth-order valence-corrected chi connectivity index (χ4v) is 2.66. The Labute approximate surface area is 111 Å². The van der Waals surface area contributed by atoms with Crippen LogP contribution in [0.15, 0.2) is 35.9 Å². The van der Waals surface area contributed by atoms with Crippen LogP contribution in [-0.4, -0.2) is 29.9 Å². The summed E-state index contributed by atoms with van der Waals surface area (Å²) in [7, 11) is -3.66. The van der Waals surface area contributed by atoms with Crippen LogP contribution >= 0.6 is 0 Å². The fraction of sp³-hybridized carbons (Fsp3) is 0.273. The summed E-state index contributed by atoms with van der Waals surface area (Å²) in [5, 5.41) is 2.97. The highest BCUT2D eigenvalue weighted by Gasteiger charge is 2.19. The molecule has 2 heterocycles. The molecule has 0 amide bonds. The maximum Gasteiger partial charge on any atom is 0.260 e. The van der Waals surface area contributed by atoms with Gasteiger partial charge in [-0.15, -0.1) is 0 Å². The Morgan fingerprint density at radius 2 is 2.26 bits per heavy atom. The van der Waals surface area contributed by atoms with Crippen molar-refractivity contribution in [2.45, 2.75) is 18.5 Å². The zero-order valence-electron chi connectivity index (χ0n) is 10.4. The first-order valence-electron chi connectivity index (χ1n) is 5.79. The van der Waals surface area contributed by atoms with Crippen LogP contribution in [0.3, 0.4) is 0 Å². The van der Waals surface area contributed by atoms with Crippen LogP contribution in [0, 0.1) is 0 Å². The number of nitrogens with zero attached hydrogens (tertiary/aromatic N) is 2. The average molecular weight is 281 g/mol. The van der Waals surface area contributed by atoms with Crippen LogP contribution in [0.5, 0.6) is 0 Å². The van der Waals surface area contributed by atoms with Gasteiger partial charge in [-0.25, -0.2) is 23.1 Å². The normalized spacial score (nSPS) is 11.4. The van der Waals surface area contributed by atoms with Crippen molar-refractivity contribution in [3.8, 4) is 0 Å². The van der Waals surface area contributed by atoms with Crippen molar-refractivity contribution < 1.29 is 8.42 Å². The van der Waals surface area contributed by atoms with Gasteiger partial charge in [0.05, 0.1) is 18.6 Å². The van der Waals surface area contributed by atoms with Crippen molar-refractivity contribution in [2.24, 2.45) is 0 Å². The molecule has 0 aromatic carbocycles. The van der Waals surface area contributed by atoms with Crippen molar-refractivity contribution in [3.63, 3.8) is 0 Å². The number of aromatic amines is 1. The Bertz CT molecular complexity index is 624. The van der Waals surface area contributed by atoms with Gasteiger partial charge in [0.25, 0.3) is 10.0 Å². The molecule has 0 radical (unpaired) electrons. The van der Waals surface area contributed by atoms with E-state index in [1.54, 1.807) is 18.3 Å². The van der Waals surface area contributed by atoms with E-state index in [9.17, 15) is 8.42 Å². The second kappa shape index (κ2) is 5.81. The first-order chi connectivity index (χ1) is 9.13. The molecule has 2 aromatic heterocycles. The van der Waals surface area contributed by atoms with Crippen molar-refractivity contribution in [3.05, 3.63) is 36.5 Å². The molecule has 19 heavy (non-hydrogen) atoms.